The molecule has 4 rings (SSSR count). The van der Waals surface area contributed by atoms with E-state index in [1.165, 1.54) is 0 Å². The highest BCUT2D eigenvalue weighted by Gasteiger charge is 2.17. The van der Waals surface area contributed by atoms with Crippen molar-refractivity contribution in [3.8, 4) is 0 Å². The second-order valence-electron chi connectivity index (χ2n) is 7.86. The van der Waals surface area contributed by atoms with Gasteiger partial charge in [0.05, 0.1) is 25.0 Å². The number of nitrogens with one attached hydrogen (secondary N) is 4. The number of nitrogens with two attached hydrogens (primary N) is 1. The quantitative estimate of drug-likeness (QED) is 0.364. The van der Waals surface area contributed by atoms with Gasteiger partial charge in [0.2, 0.25) is 5.91 Å². The number of carbonyl (C=O) groups is 1. The van der Waals surface area contributed by atoms with E-state index in [2.05, 4.69) is 43.9 Å². The van der Waals surface area contributed by atoms with Gasteiger partial charge in [-0.1, -0.05) is 24.3 Å². The van der Waals surface area contributed by atoms with Crippen LogP contribution in [0.1, 0.15) is 22.3 Å². The molecule has 0 aliphatic carbocycles. The van der Waals surface area contributed by atoms with Gasteiger partial charge >= 0.3 is 0 Å². The fourth-order valence-electron chi connectivity index (χ4n) is 3.44. The number of amides is 1. The minimum atomic E-state index is 0.0153. The summed E-state index contributed by atoms with van der Waals surface area (Å²) >= 11 is 0. The molecule has 0 atom stereocenters. The lowest BCUT2D eigenvalue weighted by atomic mass is 10.1. The molecule has 1 amide bonds. The molecule has 0 fully saturated rings. The Balaban J connectivity index is 1.35. The molecular formula is C21H27N9O. The van der Waals surface area contributed by atoms with E-state index < -0.39 is 0 Å². The number of fused-ring (bicyclic) bond motifs is 1. The summed E-state index contributed by atoms with van der Waals surface area (Å²) in [5, 5.41) is 7.41. The standard InChI is InChI=1S/C21H27N9O/c1-29(2)13-19(31)23-9-14-3-5-15(6-4-14)11-30-12-16(10-24-30)7-17-8-18(22)25-21-20(17)26-28-27-21/h3-6,8,10,12,26,28H,7,9,11,13H2,1-2H3,(H,23,31)(H3,22,25,27). The number of nitrogen functional groups attached to an aromatic ring is 1. The molecule has 0 saturated heterocycles. The molecule has 31 heavy (non-hydrogen) atoms. The molecule has 2 aromatic heterocycles. The molecule has 1 aliphatic heterocycles. The molecule has 0 radical (unpaired) electrons. The summed E-state index contributed by atoms with van der Waals surface area (Å²) in [7, 11) is 3.75. The Hall–Kier alpha value is -3.63. The minimum absolute atomic E-state index is 0.0153. The molecule has 162 valence electrons. The van der Waals surface area contributed by atoms with Crippen LogP contribution < -0.4 is 27.4 Å². The topological polar surface area (TPSA) is 125 Å². The SMILES string of the molecule is CN(C)CC(=O)NCc1ccc(Cn2cc(Cc3cc(N)nc4c3NNN4)cn2)cc1. The maximum atomic E-state index is 11.8. The smallest absolute Gasteiger partial charge is 0.234 e. The van der Waals surface area contributed by atoms with Gasteiger partial charge in [-0.2, -0.15) is 5.10 Å². The molecule has 3 aromatic rings. The minimum Gasteiger partial charge on any atom is -0.384 e. The number of nitrogens with zero attached hydrogens (tertiary/aromatic N) is 4. The summed E-state index contributed by atoms with van der Waals surface area (Å²) < 4.78 is 1.91. The van der Waals surface area contributed by atoms with E-state index in [0.717, 1.165) is 27.9 Å². The zero-order valence-electron chi connectivity index (χ0n) is 17.6. The molecule has 6 N–H and O–H groups in total. The first-order chi connectivity index (χ1) is 15.0. The summed E-state index contributed by atoms with van der Waals surface area (Å²) in [5.74, 6) is 1.18. The van der Waals surface area contributed by atoms with Crippen molar-refractivity contribution in [3.05, 3.63) is 65.0 Å². The summed E-state index contributed by atoms with van der Waals surface area (Å²) in [5.41, 5.74) is 20.0. The molecule has 0 bridgehead atoms. The molecule has 0 spiro atoms. The van der Waals surface area contributed by atoms with Crippen molar-refractivity contribution in [2.45, 2.75) is 19.5 Å². The van der Waals surface area contributed by atoms with Gasteiger partial charge in [0.15, 0.2) is 5.82 Å². The lowest BCUT2D eigenvalue weighted by Gasteiger charge is -2.10. The van der Waals surface area contributed by atoms with Crippen LogP contribution in [-0.2, 0) is 24.3 Å². The number of anilines is 3. The predicted molar refractivity (Wildman–Crippen MR) is 120 cm³/mol. The van der Waals surface area contributed by atoms with E-state index in [1.807, 2.05) is 54.3 Å². The van der Waals surface area contributed by atoms with Crippen LogP contribution >= 0.6 is 0 Å². The molecule has 0 unspecified atom stereocenters. The van der Waals surface area contributed by atoms with E-state index in [1.54, 1.807) is 0 Å². The number of aromatic nitrogens is 3. The van der Waals surface area contributed by atoms with Crippen LogP contribution in [-0.4, -0.2) is 46.2 Å². The first-order valence-electron chi connectivity index (χ1n) is 10.0. The molecule has 3 heterocycles. The van der Waals surface area contributed by atoms with Crippen LogP contribution in [0.2, 0.25) is 0 Å². The van der Waals surface area contributed by atoms with E-state index in [0.29, 0.717) is 37.7 Å². The molecule has 0 saturated carbocycles. The molecule has 1 aliphatic rings. The maximum absolute atomic E-state index is 11.8. The van der Waals surface area contributed by atoms with Crippen molar-refractivity contribution in [1.82, 2.24) is 30.5 Å². The number of likely N-dealkylation sites (N-methyl/N-ethyl adjacent to an activating group) is 1. The molecule has 1 aromatic carbocycles. The third-order valence-electron chi connectivity index (χ3n) is 4.89. The monoisotopic (exact) mass is 421 g/mol. The van der Waals surface area contributed by atoms with Gasteiger partial charge in [0.1, 0.15) is 5.82 Å². The van der Waals surface area contributed by atoms with E-state index in [4.69, 9.17) is 5.73 Å². The van der Waals surface area contributed by atoms with Gasteiger partial charge in [-0.3, -0.25) is 14.9 Å². The summed E-state index contributed by atoms with van der Waals surface area (Å²) in [6.07, 6.45) is 4.60. The second kappa shape index (κ2) is 9.02. The highest BCUT2D eigenvalue weighted by Crippen LogP contribution is 2.29. The van der Waals surface area contributed by atoms with Gasteiger partial charge in [-0.05, 0) is 42.4 Å². The van der Waals surface area contributed by atoms with Crippen molar-refractivity contribution in [3.63, 3.8) is 0 Å². The number of carbonyl (C=O) groups excluding carboxylic acids is 1. The van der Waals surface area contributed by atoms with Crippen molar-refractivity contribution in [2.75, 3.05) is 37.2 Å². The predicted octanol–water partition coefficient (Wildman–Crippen LogP) is 0.934. The Labute approximate surface area is 180 Å². The van der Waals surface area contributed by atoms with E-state index in [9.17, 15) is 4.79 Å². The van der Waals surface area contributed by atoms with Gasteiger partial charge in [-0.15, -0.1) is 5.53 Å². The Kier molecular flexibility index (Phi) is 6.01. The number of hydrogen-bond donors (Lipinski definition) is 5. The second-order valence-corrected chi connectivity index (χ2v) is 7.86. The number of hydrogen-bond acceptors (Lipinski definition) is 8. The molecule has 10 nitrogen and oxygen atoms in total. The zero-order chi connectivity index (χ0) is 21.8. The van der Waals surface area contributed by atoms with Gasteiger partial charge < -0.3 is 21.4 Å². The van der Waals surface area contributed by atoms with Crippen LogP contribution in [0.4, 0.5) is 17.3 Å². The largest absolute Gasteiger partial charge is 0.384 e. The van der Waals surface area contributed by atoms with Gasteiger partial charge in [-0.25, -0.2) is 4.98 Å². The summed E-state index contributed by atoms with van der Waals surface area (Å²) in [6, 6.07) is 10.1. The Morgan fingerprint density at radius 1 is 1.16 bits per heavy atom. The lowest BCUT2D eigenvalue weighted by Crippen LogP contribution is -2.32. The van der Waals surface area contributed by atoms with Crippen molar-refractivity contribution < 1.29 is 4.79 Å². The Bertz CT molecular complexity index is 1060. The highest BCUT2D eigenvalue weighted by atomic mass is 16.2. The van der Waals surface area contributed by atoms with Crippen LogP contribution in [0.3, 0.4) is 0 Å². The van der Waals surface area contributed by atoms with Crippen LogP contribution in [0.15, 0.2) is 42.7 Å². The summed E-state index contributed by atoms with van der Waals surface area (Å²) in [4.78, 5) is 17.9. The third kappa shape index (κ3) is 5.30. The van der Waals surface area contributed by atoms with E-state index in [-0.39, 0.29) is 5.91 Å². The van der Waals surface area contributed by atoms with Crippen LogP contribution in [0, 0.1) is 0 Å². The van der Waals surface area contributed by atoms with Crippen molar-refractivity contribution in [1.29, 1.82) is 0 Å². The average Bonchev–Trinajstić information content (AvgIpc) is 3.36. The average molecular weight is 422 g/mol. The molecule has 10 heteroatoms. The first-order valence-corrected chi connectivity index (χ1v) is 10.0. The third-order valence-corrected chi connectivity index (χ3v) is 4.89. The number of rotatable bonds is 8. The number of hydrazine groups is 2. The van der Waals surface area contributed by atoms with Crippen molar-refractivity contribution >= 4 is 23.2 Å². The molecular weight excluding hydrogens is 394 g/mol. The fraction of sp³-hybridized carbons (Fsp3) is 0.286. The summed E-state index contributed by atoms with van der Waals surface area (Å²) in [6.45, 7) is 1.58. The van der Waals surface area contributed by atoms with E-state index >= 15 is 0 Å². The van der Waals surface area contributed by atoms with Crippen LogP contribution in [0.5, 0.6) is 0 Å². The fourth-order valence-corrected chi connectivity index (χ4v) is 3.44. The first kappa shape index (κ1) is 20.6. The Morgan fingerprint density at radius 2 is 1.94 bits per heavy atom. The highest BCUT2D eigenvalue weighted by molar-refractivity contribution is 5.78. The lowest BCUT2D eigenvalue weighted by molar-refractivity contribution is -0.121. The Morgan fingerprint density at radius 3 is 2.71 bits per heavy atom. The zero-order valence-corrected chi connectivity index (χ0v) is 17.6. The van der Waals surface area contributed by atoms with Crippen LogP contribution in [0.25, 0.3) is 0 Å². The maximum Gasteiger partial charge on any atom is 0.234 e. The normalized spacial score (nSPS) is 12.4. The van der Waals surface area contributed by atoms with Gasteiger partial charge in [0, 0.05) is 19.2 Å². The number of pyridine rings is 1. The van der Waals surface area contributed by atoms with Crippen molar-refractivity contribution in [2.24, 2.45) is 0 Å². The number of benzene rings is 1. The van der Waals surface area contributed by atoms with Gasteiger partial charge in [0.25, 0.3) is 0 Å².